The topological polar surface area (TPSA) is 52.6 Å². The van der Waals surface area contributed by atoms with Gasteiger partial charge in [0.25, 0.3) is 0 Å². The van der Waals surface area contributed by atoms with Gasteiger partial charge in [-0.3, -0.25) is 15.0 Å². The molecule has 0 aromatic heterocycles. The zero-order valence-electron chi connectivity index (χ0n) is 11.4. The van der Waals surface area contributed by atoms with E-state index in [1.807, 2.05) is 30.3 Å². The van der Waals surface area contributed by atoms with Gasteiger partial charge in [0.05, 0.1) is 0 Å². The van der Waals surface area contributed by atoms with Crippen LogP contribution in [0, 0.1) is 0 Å². The minimum absolute atomic E-state index is 0.382. The van der Waals surface area contributed by atoms with Crippen molar-refractivity contribution in [2.45, 2.75) is 31.8 Å². The maximum atomic E-state index is 11.4. The number of carboxylic acids is 1. The van der Waals surface area contributed by atoms with Crippen molar-refractivity contribution in [2.75, 3.05) is 19.6 Å². The van der Waals surface area contributed by atoms with Crippen molar-refractivity contribution in [3.8, 4) is 0 Å². The molecular formula is C15H22N2O2. The number of carbonyl (C=O) groups is 1. The lowest BCUT2D eigenvalue weighted by atomic mass is 10.1. The molecule has 0 bridgehead atoms. The number of likely N-dealkylation sites (tertiary alicyclic amines) is 1. The number of benzene rings is 1. The molecule has 2 rings (SSSR count). The number of aliphatic carboxylic acids is 1. The summed E-state index contributed by atoms with van der Waals surface area (Å²) in [5.74, 6) is -0.820. The van der Waals surface area contributed by atoms with Gasteiger partial charge in [0.2, 0.25) is 0 Å². The lowest BCUT2D eigenvalue weighted by Gasteiger charge is -2.25. The normalized spacial score (nSPS) is 19.2. The highest BCUT2D eigenvalue weighted by atomic mass is 16.4. The molecule has 2 N–H and O–H groups in total. The molecule has 1 fully saturated rings. The molecule has 2 atom stereocenters. The predicted molar refractivity (Wildman–Crippen MR) is 75.1 cm³/mol. The highest BCUT2D eigenvalue weighted by molar-refractivity contribution is 5.75. The highest BCUT2D eigenvalue weighted by Crippen LogP contribution is 2.15. The van der Waals surface area contributed by atoms with Crippen LogP contribution in [0.15, 0.2) is 30.3 Å². The van der Waals surface area contributed by atoms with Gasteiger partial charge in [-0.25, -0.2) is 0 Å². The minimum atomic E-state index is -0.820. The molecule has 19 heavy (non-hydrogen) atoms. The Bertz CT molecular complexity index is 402. The maximum Gasteiger partial charge on any atom is 0.325 e. The third kappa shape index (κ3) is 3.78. The molecule has 1 aliphatic rings. The Labute approximate surface area is 114 Å². The summed E-state index contributed by atoms with van der Waals surface area (Å²) < 4.78 is 0. The standard InChI is InChI=1S/C15H22N2O2/c1-12(17-9-5-6-10-17)11-16-14(15(18)19)13-7-3-2-4-8-13/h2-4,7-8,12,14,16H,5-6,9-11H2,1H3,(H,18,19). The first-order chi connectivity index (χ1) is 9.18. The second kappa shape index (κ2) is 6.68. The van der Waals surface area contributed by atoms with E-state index in [1.165, 1.54) is 12.8 Å². The van der Waals surface area contributed by atoms with Crippen LogP contribution in [-0.4, -0.2) is 41.7 Å². The lowest BCUT2D eigenvalue weighted by Crippen LogP contribution is -2.41. The molecule has 1 aliphatic heterocycles. The number of nitrogens with zero attached hydrogens (tertiary/aromatic N) is 1. The third-order valence-electron chi connectivity index (χ3n) is 3.76. The van der Waals surface area contributed by atoms with Crippen molar-refractivity contribution in [1.82, 2.24) is 10.2 Å². The summed E-state index contributed by atoms with van der Waals surface area (Å²) in [5.41, 5.74) is 0.809. The van der Waals surface area contributed by atoms with Gasteiger partial charge in [0.15, 0.2) is 0 Å². The van der Waals surface area contributed by atoms with E-state index in [9.17, 15) is 9.90 Å². The number of hydrogen-bond acceptors (Lipinski definition) is 3. The molecule has 0 saturated carbocycles. The summed E-state index contributed by atoms with van der Waals surface area (Å²) in [7, 11) is 0. The van der Waals surface area contributed by atoms with Crippen molar-refractivity contribution >= 4 is 5.97 Å². The molecule has 104 valence electrons. The van der Waals surface area contributed by atoms with E-state index in [4.69, 9.17) is 0 Å². The monoisotopic (exact) mass is 262 g/mol. The summed E-state index contributed by atoms with van der Waals surface area (Å²) in [6, 6.07) is 9.11. The van der Waals surface area contributed by atoms with Crippen molar-refractivity contribution in [2.24, 2.45) is 0 Å². The highest BCUT2D eigenvalue weighted by Gasteiger charge is 2.22. The summed E-state index contributed by atoms with van der Waals surface area (Å²) in [5, 5.41) is 12.5. The smallest absolute Gasteiger partial charge is 0.325 e. The summed E-state index contributed by atoms with van der Waals surface area (Å²) in [6.45, 7) is 5.12. The summed E-state index contributed by atoms with van der Waals surface area (Å²) in [4.78, 5) is 13.8. The molecule has 0 radical (unpaired) electrons. The SMILES string of the molecule is CC(CNC(C(=O)O)c1ccccc1)N1CCCC1. The van der Waals surface area contributed by atoms with Crippen LogP contribution in [0.4, 0.5) is 0 Å². The first-order valence-electron chi connectivity index (χ1n) is 6.93. The van der Waals surface area contributed by atoms with Crippen LogP contribution in [0.5, 0.6) is 0 Å². The molecule has 0 aliphatic carbocycles. The van der Waals surface area contributed by atoms with Crippen molar-refractivity contribution in [3.05, 3.63) is 35.9 Å². The maximum absolute atomic E-state index is 11.4. The minimum Gasteiger partial charge on any atom is -0.480 e. The van der Waals surface area contributed by atoms with Gasteiger partial charge in [-0.2, -0.15) is 0 Å². The van der Waals surface area contributed by atoms with E-state index in [1.54, 1.807) is 0 Å². The van der Waals surface area contributed by atoms with Gasteiger partial charge < -0.3 is 5.11 Å². The second-order valence-electron chi connectivity index (χ2n) is 5.18. The van der Waals surface area contributed by atoms with E-state index < -0.39 is 12.0 Å². The average molecular weight is 262 g/mol. The Morgan fingerprint density at radius 1 is 1.32 bits per heavy atom. The predicted octanol–water partition coefficient (Wildman–Crippen LogP) is 1.89. The molecule has 4 nitrogen and oxygen atoms in total. The molecule has 0 amide bonds. The number of nitrogens with one attached hydrogen (secondary N) is 1. The van der Waals surface area contributed by atoms with Crippen LogP contribution in [-0.2, 0) is 4.79 Å². The largest absolute Gasteiger partial charge is 0.480 e. The fraction of sp³-hybridized carbons (Fsp3) is 0.533. The van der Waals surface area contributed by atoms with Crippen LogP contribution in [0.3, 0.4) is 0 Å². The van der Waals surface area contributed by atoms with E-state index >= 15 is 0 Å². The molecule has 4 heteroatoms. The molecule has 1 heterocycles. The van der Waals surface area contributed by atoms with Gasteiger partial charge in [0.1, 0.15) is 6.04 Å². The van der Waals surface area contributed by atoms with E-state index in [-0.39, 0.29) is 0 Å². The quantitative estimate of drug-likeness (QED) is 0.822. The Kier molecular flexibility index (Phi) is 4.93. The lowest BCUT2D eigenvalue weighted by molar-refractivity contribution is -0.139. The zero-order chi connectivity index (χ0) is 13.7. The van der Waals surface area contributed by atoms with Crippen LogP contribution in [0.25, 0.3) is 0 Å². The van der Waals surface area contributed by atoms with Gasteiger partial charge in [-0.15, -0.1) is 0 Å². The zero-order valence-corrected chi connectivity index (χ0v) is 11.4. The van der Waals surface area contributed by atoms with Crippen LogP contribution < -0.4 is 5.32 Å². The van der Waals surface area contributed by atoms with Gasteiger partial charge in [0, 0.05) is 12.6 Å². The fourth-order valence-electron chi connectivity index (χ4n) is 2.59. The Hall–Kier alpha value is -1.39. The van der Waals surface area contributed by atoms with E-state index in [2.05, 4.69) is 17.1 Å². The summed E-state index contributed by atoms with van der Waals surface area (Å²) >= 11 is 0. The molecule has 1 aromatic carbocycles. The first kappa shape index (κ1) is 14.0. The van der Waals surface area contributed by atoms with Gasteiger partial charge in [-0.05, 0) is 38.4 Å². The van der Waals surface area contributed by atoms with Crippen molar-refractivity contribution in [3.63, 3.8) is 0 Å². The van der Waals surface area contributed by atoms with E-state index in [0.29, 0.717) is 12.6 Å². The third-order valence-corrected chi connectivity index (χ3v) is 3.76. The molecular weight excluding hydrogens is 240 g/mol. The van der Waals surface area contributed by atoms with Crippen LogP contribution >= 0.6 is 0 Å². The molecule has 1 saturated heterocycles. The van der Waals surface area contributed by atoms with Crippen molar-refractivity contribution < 1.29 is 9.90 Å². The Morgan fingerprint density at radius 3 is 2.53 bits per heavy atom. The van der Waals surface area contributed by atoms with Gasteiger partial charge >= 0.3 is 5.97 Å². The average Bonchev–Trinajstić information content (AvgIpc) is 2.93. The molecule has 1 aromatic rings. The van der Waals surface area contributed by atoms with Crippen LogP contribution in [0.1, 0.15) is 31.4 Å². The van der Waals surface area contributed by atoms with E-state index in [0.717, 1.165) is 18.7 Å². The first-order valence-corrected chi connectivity index (χ1v) is 6.93. The number of hydrogen-bond donors (Lipinski definition) is 2. The van der Waals surface area contributed by atoms with Crippen LogP contribution in [0.2, 0.25) is 0 Å². The number of carboxylic acid groups (broad SMARTS) is 1. The van der Waals surface area contributed by atoms with Gasteiger partial charge in [-0.1, -0.05) is 30.3 Å². The fourth-order valence-corrected chi connectivity index (χ4v) is 2.59. The Balaban J connectivity index is 1.92. The van der Waals surface area contributed by atoms with Crippen molar-refractivity contribution in [1.29, 1.82) is 0 Å². The number of rotatable bonds is 6. The molecule has 0 spiro atoms. The Morgan fingerprint density at radius 2 is 1.95 bits per heavy atom. The summed E-state index contributed by atoms with van der Waals surface area (Å²) in [6.07, 6.45) is 2.51. The molecule has 2 unspecified atom stereocenters. The second-order valence-corrected chi connectivity index (χ2v) is 5.18.